The van der Waals surface area contributed by atoms with Crippen molar-refractivity contribution in [2.24, 2.45) is 0 Å². The third-order valence-electron chi connectivity index (χ3n) is 2.69. The van der Waals surface area contributed by atoms with E-state index in [-0.39, 0.29) is 11.7 Å². The summed E-state index contributed by atoms with van der Waals surface area (Å²) in [6.45, 7) is 2.49. The van der Waals surface area contributed by atoms with Crippen molar-refractivity contribution in [2.45, 2.75) is 13.0 Å². The Labute approximate surface area is 104 Å². The van der Waals surface area contributed by atoms with Crippen LogP contribution < -0.4 is 16.6 Å². The highest BCUT2D eigenvalue weighted by Gasteiger charge is 2.05. The summed E-state index contributed by atoms with van der Waals surface area (Å²) in [4.78, 5) is 18.8. The molecule has 1 aromatic carbocycles. The number of nitrogens with one attached hydrogen (secondary N) is 2. The summed E-state index contributed by atoms with van der Waals surface area (Å²) in [5, 5.41) is 3.51. The Hall–Kier alpha value is -2.08. The summed E-state index contributed by atoms with van der Waals surface area (Å²) < 4.78 is 5.11. The van der Waals surface area contributed by atoms with Gasteiger partial charge in [-0.2, -0.15) is 0 Å². The number of nitrogen functional groups attached to an aromatic ring is 1. The van der Waals surface area contributed by atoms with Gasteiger partial charge in [0, 0.05) is 19.3 Å². The highest BCUT2D eigenvalue weighted by molar-refractivity contribution is 5.81. The van der Waals surface area contributed by atoms with Crippen LogP contribution in [0.5, 0.6) is 0 Å². The van der Waals surface area contributed by atoms with Crippen LogP contribution in [0.15, 0.2) is 23.0 Å². The van der Waals surface area contributed by atoms with Gasteiger partial charge in [0.2, 0.25) is 5.95 Å². The molecule has 4 N–H and O–H groups in total. The van der Waals surface area contributed by atoms with Crippen molar-refractivity contribution in [3.8, 4) is 0 Å². The van der Waals surface area contributed by atoms with Crippen LogP contribution >= 0.6 is 0 Å². The molecule has 96 valence electrons. The molecule has 2 aromatic rings. The number of fused-ring (bicyclic) bond motifs is 1. The third-order valence-corrected chi connectivity index (χ3v) is 2.69. The molecule has 18 heavy (non-hydrogen) atoms. The van der Waals surface area contributed by atoms with Gasteiger partial charge in [0.1, 0.15) is 0 Å². The quantitative estimate of drug-likeness (QED) is 0.700. The van der Waals surface area contributed by atoms with Gasteiger partial charge in [-0.05, 0) is 25.1 Å². The maximum absolute atomic E-state index is 11.8. The minimum atomic E-state index is -0.208. The molecule has 0 fully saturated rings. The third kappa shape index (κ3) is 2.60. The van der Waals surface area contributed by atoms with Crippen LogP contribution in [-0.2, 0) is 4.74 Å². The molecular weight excluding hydrogens is 232 g/mol. The first-order chi connectivity index (χ1) is 8.60. The number of nitrogens with zero attached hydrogens (tertiary/aromatic N) is 1. The Morgan fingerprint density at radius 2 is 2.33 bits per heavy atom. The van der Waals surface area contributed by atoms with E-state index < -0.39 is 0 Å². The van der Waals surface area contributed by atoms with Gasteiger partial charge in [-0.3, -0.25) is 9.78 Å². The number of ether oxygens (including phenoxy) is 1. The molecule has 0 amide bonds. The van der Waals surface area contributed by atoms with Crippen LogP contribution in [0, 0.1) is 0 Å². The predicted molar refractivity (Wildman–Crippen MR) is 71.7 cm³/mol. The standard InChI is InChI=1S/C12H16N4O2/c1-7(18-2)6-14-12-15-10-4-3-8(13)5-9(10)11(17)16-12/h3-5,7H,6,13H2,1-2H3,(H2,14,15,16,17). The van der Waals surface area contributed by atoms with E-state index in [0.29, 0.717) is 29.1 Å². The second-order valence-electron chi connectivity index (χ2n) is 4.12. The molecule has 6 heteroatoms. The molecule has 0 saturated carbocycles. The lowest BCUT2D eigenvalue weighted by molar-refractivity contribution is 0.128. The smallest absolute Gasteiger partial charge is 0.260 e. The molecule has 0 aliphatic heterocycles. The second-order valence-corrected chi connectivity index (χ2v) is 4.12. The molecule has 0 aliphatic carbocycles. The molecule has 1 aromatic heterocycles. The molecule has 1 heterocycles. The summed E-state index contributed by atoms with van der Waals surface area (Å²) in [6, 6.07) is 5.06. The number of benzene rings is 1. The fourth-order valence-electron chi connectivity index (χ4n) is 1.56. The van der Waals surface area contributed by atoms with Gasteiger partial charge >= 0.3 is 0 Å². The van der Waals surface area contributed by atoms with E-state index in [9.17, 15) is 4.79 Å². The maximum atomic E-state index is 11.8. The lowest BCUT2D eigenvalue weighted by Gasteiger charge is -2.11. The van der Waals surface area contributed by atoms with Gasteiger partial charge in [-0.15, -0.1) is 0 Å². The van der Waals surface area contributed by atoms with Crippen molar-refractivity contribution in [1.82, 2.24) is 9.97 Å². The normalized spacial score (nSPS) is 12.6. The number of methoxy groups -OCH3 is 1. The first kappa shape index (κ1) is 12.4. The van der Waals surface area contributed by atoms with Gasteiger partial charge in [0.15, 0.2) is 0 Å². The summed E-state index contributed by atoms with van der Waals surface area (Å²) in [7, 11) is 1.63. The zero-order valence-corrected chi connectivity index (χ0v) is 10.4. The second kappa shape index (κ2) is 5.05. The SMILES string of the molecule is COC(C)CNc1nc2ccc(N)cc2c(=O)[nH]1. The Morgan fingerprint density at radius 3 is 3.06 bits per heavy atom. The molecule has 2 rings (SSSR count). The number of rotatable bonds is 4. The van der Waals surface area contributed by atoms with E-state index in [2.05, 4.69) is 15.3 Å². The van der Waals surface area contributed by atoms with Crippen molar-refractivity contribution >= 4 is 22.5 Å². The monoisotopic (exact) mass is 248 g/mol. The number of hydrogen-bond donors (Lipinski definition) is 3. The van der Waals surface area contributed by atoms with Crippen LogP contribution in [0.2, 0.25) is 0 Å². The first-order valence-corrected chi connectivity index (χ1v) is 5.66. The lowest BCUT2D eigenvalue weighted by atomic mass is 10.2. The lowest BCUT2D eigenvalue weighted by Crippen LogP contribution is -2.21. The molecule has 1 unspecified atom stereocenters. The van der Waals surface area contributed by atoms with E-state index in [0.717, 1.165) is 0 Å². The molecular formula is C12H16N4O2. The number of aromatic amines is 1. The van der Waals surface area contributed by atoms with Crippen molar-refractivity contribution in [2.75, 3.05) is 24.7 Å². The van der Waals surface area contributed by atoms with Crippen LogP contribution in [0.3, 0.4) is 0 Å². The Kier molecular flexibility index (Phi) is 3.47. The van der Waals surface area contributed by atoms with E-state index in [1.807, 2.05) is 6.92 Å². The molecule has 0 bridgehead atoms. The van der Waals surface area contributed by atoms with E-state index in [1.54, 1.807) is 25.3 Å². The molecule has 0 aliphatic rings. The van der Waals surface area contributed by atoms with Crippen molar-refractivity contribution < 1.29 is 4.74 Å². The van der Waals surface area contributed by atoms with Gasteiger partial charge in [0.05, 0.1) is 17.0 Å². The molecule has 0 saturated heterocycles. The van der Waals surface area contributed by atoms with Crippen molar-refractivity contribution in [3.63, 3.8) is 0 Å². The number of anilines is 2. The van der Waals surface area contributed by atoms with E-state index in [1.165, 1.54) is 0 Å². The average molecular weight is 248 g/mol. The predicted octanol–water partition coefficient (Wildman–Crippen LogP) is 0.952. The molecule has 6 nitrogen and oxygen atoms in total. The zero-order valence-electron chi connectivity index (χ0n) is 10.4. The summed E-state index contributed by atoms with van der Waals surface area (Å²) in [6.07, 6.45) is 0.0393. The largest absolute Gasteiger partial charge is 0.399 e. The highest BCUT2D eigenvalue weighted by atomic mass is 16.5. The van der Waals surface area contributed by atoms with Gasteiger partial charge in [-0.25, -0.2) is 4.98 Å². The fourth-order valence-corrected chi connectivity index (χ4v) is 1.56. The number of aromatic nitrogens is 2. The molecule has 0 spiro atoms. The van der Waals surface area contributed by atoms with Gasteiger partial charge in [-0.1, -0.05) is 0 Å². The number of hydrogen-bond acceptors (Lipinski definition) is 5. The Balaban J connectivity index is 2.32. The highest BCUT2D eigenvalue weighted by Crippen LogP contribution is 2.12. The van der Waals surface area contributed by atoms with Crippen LogP contribution in [0.1, 0.15) is 6.92 Å². The van der Waals surface area contributed by atoms with E-state index in [4.69, 9.17) is 10.5 Å². The topological polar surface area (TPSA) is 93.0 Å². The van der Waals surface area contributed by atoms with Gasteiger partial charge in [0.25, 0.3) is 5.56 Å². The van der Waals surface area contributed by atoms with Crippen LogP contribution in [-0.4, -0.2) is 29.7 Å². The summed E-state index contributed by atoms with van der Waals surface area (Å²) >= 11 is 0. The Bertz CT molecular complexity index is 609. The van der Waals surface area contributed by atoms with E-state index >= 15 is 0 Å². The summed E-state index contributed by atoms with van der Waals surface area (Å²) in [5.41, 5.74) is 6.58. The molecule has 0 radical (unpaired) electrons. The maximum Gasteiger partial charge on any atom is 0.260 e. The van der Waals surface area contributed by atoms with Crippen LogP contribution in [0.25, 0.3) is 10.9 Å². The van der Waals surface area contributed by atoms with Crippen LogP contribution in [0.4, 0.5) is 11.6 Å². The zero-order chi connectivity index (χ0) is 13.1. The van der Waals surface area contributed by atoms with Gasteiger partial charge < -0.3 is 15.8 Å². The number of H-pyrrole nitrogens is 1. The first-order valence-electron chi connectivity index (χ1n) is 5.66. The number of nitrogens with two attached hydrogens (primary N) is 1. The minimum absolute atomic E-state index is 0.0393. The Morgan fingerprint density at radius 1 is 1.56 bits per heavy atom. The molecule has 1 atom stereocenters. The van der Waals surface area contributed by atoms with Crippen molar-refractivity contribution in [3.05, 3.63) is 28.6 Å². The fraction of sp³-hybridized carbons (Fsp3) is 0.333. The van der Waals surface area contributed by atoms with Crippen molar-refractivity contribution in [1.29, 1.82) is 0 Å². The minimum Gasteiger partial charge on any atom is -0.399 e. The average Bonchev–Trinajstić information content (AvgIpc) is 2.37. The summed E-state index contributed by atoms with van der Waals surface area (Å²) in [5.74, 6) is 0.432.